The van der Waals surface area contributed by atoms with Crippen LogP contribution in [0.4, 0.5) is 4.79 Å². The molecule has 0 aromatic heterocycles. The first kappa shape index (κ1) is 15.9. The predicted molar refractivity (Wildman–Crippen MR) is 65.0 cm³/mol. The topological polar surface area (TPSA) is 110 Å². The molecule has 0 fully saturated rings. The quantitative estimate of drug-likeness (QED) is 0.445. The van der Waals surface area contributed by atoms with Crippen LogP contribution in [-0.4, -0.2) is 40.8 Å². The van der Waals surface area contributed by atoms with Crippen molar-refractivity contribution >= 4 is 56.5 Å². The van der Waals surface area contributed by atoms with Crippen LogP contribution in [0.2, 0.25) is 0 Å². The highest BCUT2D eigenvalue weighted by Gasteiger charge is 2.41. The van der Waals surface area contributed by atoms with Gasteiger partial charge in [0.15, 0.2) is 0 Å². The minimum Gasteiger partial charge on any atom is -0.475 e. The minimum absolute atomic E-state index is 0.309. The highest BCUT2D eigenvalue weighted by atomic mass is 33.7. The predicted octanol–water partition coefficient (Wildman–Crippen LogP) is 2.15. The first-order chi connectivity index (χ1) is 7.39. The molecule has 0 aliphatic heterocycles. The van der Waals surface area contributed by atoms with Crippen LogP contribution in [-0.2, 0) is 18.0 Å². The third kappa shape index (κ3) is 4.43. The molecule has 0 aromatic carbocycles. The summed E-state index contributed by atoms with van der Waals surface area (Å²) in [5, 5.41) is 14.6. The van der Waals surface area contributed by atoms with Gasteiger partial charge in [0.2, 0.25) is 0 Å². The van der Waals surface area contributed by atoms with Gasteiger partial charge in [-0.25, -0.2) is 9.59 Å². The van der Waals surface area contributed by atoms with Crippen molar-refractivity contribution in [2.24, 2.45) is 0 Å². The fraction of sp³-hybridized carbons (Fsp3) is 0.400. The van der Waals surface area contributed by atoms with Crippen LogP contribution in [0.25, 0.3) is 0 Å². The second-order valence-electron chi connectivity index (χ2n) is 1.87. The van der Waals surface area contributed by atoms with E-state index in [1.165, 1.54) is 7.11 Å². The van der Waals surface area contributed by atoms with Crippen LogP contribution in [0.1, 0.15) is 0 Å². The third-order valence-electron chi connectivity index (χ3n) is 0.974. The SMILES string of the molecule is COSS(OC)(SSC(=O)O)C(=O)C(=O)O. The molecule has 11 heteroatoms. The molecule has 0 bridgehead atoms. The van der Waals surface area contributed by atoms with Crippen LogP contribution in [0, 0.1) is 0 Å². The van der Waals surface area contributed by atoms with E-state index in [-0.39, 0.29) is 0 Å². The average Bonchev–Trinajstić information content (AvgIpc) is 2.23. The summed E-state index contributed by atoms with van der Waals surface area (Å²) in [6, 6.07) is 0. The van der Waals surface area contributed by atoms with E-state index in [9.17, 15) is 14.4 Å². The van der Waals surface area contributed by atoms with Gasteiger partial charge in [0.1, 0.15) is 0 Å². The molecular formula is C5H8O7S4. The number of carboxylic acid groups (broad SMARTS) is 2. The van der Waals surface area contributed by atoms with Crippen molar-refractivity contribution < 1.29 is 33.0 Å². The van der Waals surface area contributed by atoms with Gasteiger partial charge in [0, 0.05) is 20.6 Å². The average molecular weight is 308 g/mol. The number of hydrogen-bond donors (Lipinski definition) is 2. The molecule has 0 aliphatic carbocycles. The molecule has 0 saturated heterocycles. The van der Waals surface area contributed by atoms with Crippen LogP contribution in [0.3, 0.4) is 0 Å². The normalized spacial score (nSPS) is 16.1. The van der Waals surface area contributed by atoms with Gasteiger partial charge in [0.05, 0.1) is 33.7 Å². The summed E-state index contributed by atoms with van der Waals surface area (Å²) in [6.07, 6.45) is 0. The van der Waals surface area contributed by atoms with Gasteiger partial charge in [0.25, 0.3) is 0 Å². The fourth-order valence-electron chi connectivity index (χ4n) is 0.475. The van der Waals surface area contributed by atoms with E-state index in [1.54, 1.807) is 0 Å². The van der Waals surface area contributed by atoms with E-state index >= 15 is 0 Å². The smallest absolute Gasteiger partial charge is 0.385 e. The molecule has 0 rings (SSSR count). The zero-order chi connectivity index (χ0) is 12.8. The van der Waals surface area contributed by atoms with E-state index in [4.69, 9.17) is 14.4 Å². The molecule has 16 heavy (non-hydrogen) atoms. The Bertz CT molecular complexity index is 295. The van der Waals surface area contributed by atoms with Crippen molar-refractivity contribution in [1.29, 1.82) is 0 Å². The van der Waals surface area contributed by atoms with E-state index in [0.717, 1.165) is 7.11 Å². The van der Waals surface area contributed by atoms with Gasteiger partial charge in [-0.2, -0.15) is 0 Å². The number of carbonyl (C=O) groups is 3. The Morgan fingerprint density at radius 1 is 1.19 bits per heavy atom. The molecule has 7 nitrogen and oxygen atoms in total. The molecule has 0 saturated carbocycles. The van der Waals surface area contributed by atoms with E-state index in [1.807, 2.05) is 0 Å². The summed E-state index contributed by atoms with van der Waals surface area (Å²) < 4.78 is 9.44. The number of aliphatic carboxylic acids is 1. The highest BCUT2D eigenvalue weighted by molar-refractivity contribution is 9.40. The van der Waals surface area contributed by atoms with Crippen LogP contribution >= 0.6 is 40.1 Å². The van der Waals surface area contributed by atoms with Crippen molar-refractivity contribution in [2.75, 3.05) is 14.2 Å². The Balaban J connectivity index is 4.90. The van der Waals surface area contributed by atoms with Gasteiger partial charge < -0.3 is 18.6 Å². The number of carbonyl (C=O) groups excluding carboxylic acids is 1. The summed E-state index contributed by atoms with van der Waals surface area (Å²) in [5.41, 5.74) is 0. The van der Waals surface area contributed by atoms with Crippen molar-refractivity contribution in [1.82, 2.24) is 0 Å². The van der Waals surface area contributed by atoms with Crippen LogP contribution in [0.15, 0.2) is 0 Å². The molecule has 0 aliphatic rings. The van der Waals surface area contributed by atoms with Gasteiger partial charge in [-0.05, 0) is 0 Å². The Hall–Kier alpha value is -0.0700. The standard InChI is InChI=1S/C5H8O7S4/c1-11-14-16(12-2,4(8)3(6)7)15-13-5(9)10/h1-2H3,(H,6,7)(H,9,10). The first-order valence-electron chi connectivity index (χ1n) is 3.37. The summed E-state index contributed by atoms with van der Waals surface area (Å²) in [7, 11) is 0.281. The van der Waals surface area contributed by atoms with Gasteiger partial charge in [-0.15, -0.1) is 0 Å². The van der Waals surface area contributed by atoms with Crippen molar-refractivity contribution in [3.05, 3.63) is 0 Å². The summed E-state index contributed by atoms with van der Waals surface area (Å²) in [6.45, 7) is 0. The fourth-order valence-corrected chi connectivity index (χ4v) is 8.06. The van der Waals surface area contributed by atoms with Crippen LogP contribution in [0.5, 0.6) is 0 Å². The minimum atomic E-state index is -2.90. The Labute approximate surface area is 104 Å². The molecule has 0 heterocycles. The van der Waals surface area contributed by atoms with Crippen molar-refractivity contribution in [3.63, 3.8) is 0 Å². The lowest BCUT2D eigenvalue weighted by atomic mass is 10.8. The monoisotopic (exact) mass is 308 g/mol. The van der Waals surface area contributed by atoms with Gasteiger partial charge in [-0.3, -0.25) is 4.79 Å². The molecule has 0 amide bonds. The zero-order valence-corrected chi connectivity index (χ0v) is 11.3. The Morgan fingerprint density at radius 2 is 1.75 bits per heavy atom. The van der Waals surface area contributed by atoms with E-state index < -0.39 is 24.8 Å². The third-order valence-corrected chi connectivity index (χ3v) is 10.8. The number of carboxylic acids is 1. The number of rotatable bonds is 5. The lowest BCUT2D eigenvalue weighted by Gasteiger charge is -2.28. The van der Waals surface area contributed by atoms with Crippen molar-refractivity contribution in [3.8, 4) is 0 Å². The second-order valence-corrected chi connectivity index (χ2v) is 10.6. The van der Waals surface area contributed by atoms with E-state index in [2.05, 4.69) is 4.18 Å². The number of hydrogen-bond acceptors (Lipinski definition) is 8. The van der Waals surface area contributed by atoms with Gasteiger partial charge in [-0.1, -0.05) is 0 Å². The Morgan fingerprint density at radius 3 is 2.06 bits per heavy atom. The second kappa shape index (κ2) is 7.29. The lowest BCUT2D eigenvalue weighted by Crippen LogP contribution is -2.18. The summed E-state index contributed by atoms with van der Waals surface area (Å²) >= 11 is 0.512. The molecule has 94 valence electrons. The molecule has 2 N–H and O–H groups in total. The maximum Gasteiger partial charge on any atom is 0.385 e. The maximum absolute atomic E-state index is 11.4. The first-order valence-corrected chi connectivity index (χ1v) is 8.85. The highest BCUT2D eigenvalue weighted by Crippen LogP contribution is 2.74. The molecule has 0 radical (unpaired) electrons. The summed E-state index contributed by atoms with van der Waals surface area (Å²) in [5.74, 6) is -1.69. The molecule has 1 atom stereocenters. The molecule has 1 unspecified atom stereocenters. The lowest BCUT2D eigenvalue weighted by molar-refractivity contribution is -0.145. The van der Waals surface area contributed by atoms with Gasteiger partial charge >= 0.3 is 16.4 Å². The summed E-state index contributed by atoms with van der Waals surface area (Å²) in [4.78, 5) is 32.3. The molecule has 0 aromatic rings. The Kier molecular flexibility index (Phi) is 7.26. The zero-order valence-electron chi connectivity index (χ0n) is 8.07. The maximum atomic E-state index is 11.4. The van der Waals surface area contributed by atoms with Crippen LogP contribution < -0.4 is 0 Å². The van der Waals surface area contributed by atoms with E-state index in [0.29, 0.717) is 31.7 Å². The molecular weight excluding hydrogens is 300 g/mol. The largest absolute Gasteiger partial charge is 0.475 e. The van der Waals surface area contributed by atoms with Crippen molar-refractivity contribution in [2.45, 2.75) is 0 Å². The molecule has 0 spiro atoms.